The van der Waals surface area contributed by atoms with E-state index in [9.17, 15) is 5.11 Å². The van der Waals surface area contributed by atoms with Crippen molar-refractivity contribution < 1.29 is 14.4 Å². The average Bonchev–Trinajstić information content (AvgIpc) is 2.90. The fraction of sp³-hybridized carbons (Fsp3) is 0.357. The third-order valence-electron chi connectivity index (χ3n) is 2.60. The largest absolute Gasteiger partial charge is 0.491 e. The van der Waals surface area contributed by atoms with Gasteiger partial charge in [-0.25, -0.2) is 0 Å². The van der Waals surface area contributed by atoms with Crippen molar-refractivity contribution in [2.75, 3.05) is 13.2 Å². The van der Waals surface area contributed by atoms with Crippen LogP contribution in [0.25, 0.3) is 0 Å². The zero-order valence-corrected chi connectivity index (χ0v) is 10.9. The van der Waals surface area contributed by atoms with Crippen molar-refractivity contribution in [2.24, 2.45) is 0 Å². The first-order valence-corrected chi connectivity index (χ1v) is 6.22. The highest BCUT2D eigenvalue weighted by atomic mass is 16.5. The third kappa shape index (κ3) is 4.73. The first-order valence-electron chi connectivity index (χ1n) is 6.22. The highest BCUT2D eigenvalue weighted by Gasteiger charge is 2.06. The molecule has 2 rings (SSSR count). The fourth-order valence-electron chi connectivity index (χ4n) is 1.65. The van der Waals surface area contributed by atoms with Gasteiger partial charge in [0.2, 0.25) is 0 Å². The molecule has 1 aromatic heterocycles. The Morgan fingerprint density at radius 1 is 1.42 bits per heavy atom. The highest BCUT2D eigenvalue weighted by Crippen LogP contribution is 2.12. The van der Waals surface area contributed by atoms with Crippen LogP contribution in [0.5, 0.6) is 5.75 Å². The maximum atomic E-state index is 9.77. The standard InChI is InChI=1S/C14H18N2O3/c1-11-3-2-4-13(7-11)18-10-12(17)8-15-9-14-5-6-16-19-14/h2-7,12,15,17H,8-10H2,1H3. The number of aliphatic hydroxyl groups excluding tert-OH is 1. The van der Waals surface area contributed by atoms with Gasteiger partial charge in [0.25, 0.3) is 0 Å². The van der Waals surface area contributed by atoms with Gasteiger partial charge in [-0.3, -0.25) is 0 Å². The van der Waals surface area contributed by atoms with E-state index < -0.39 is 6.10 Å². The summed E-state index contributed by atoms with van der Waals surface area (Å²) in [4.78, 5) is 0. The van der Waals surface area contributed by atoms with Gasteiger partial charge < -0.3 is 19.7 Å². The van der Waals surface area contributed by atoms with Crippen LogP contribution in [-0.2, 0) is 6.54 Å². The molecule has 1 heterocycles. The Hall–Kier alpha value is -1.85. The van der Waals surface area contributed by atoms with Crippen LogP contribution in [-0.4, -0.2) is 29.5 Å². The molecule has 1 unspecified atom stereocenters. The van der Waals surface area contributed by atoms with E-state index >= 15 is 0 Å². The molecule has 0 radical (unpaired) electrons. The van der Waals surface area contributed by atoms with Gasteiger partial charge in [0.15, 0.2) is 0 Å². The summed E-state index contributed by atoms with van der Waals surface area (Å²) in [6.07, 6.45) is 1.03. The summed E-state index contributed by atoms with van der Waals surface area (Å²) in [7, 11) is 0. The molecule has 0 spiro atoms. The number of ether oxygens (including phenoxy) is 1. The van der Waals surface area contributed by atoms with Crippen LogP contribution in [0.3, 0.4) is 0 Å². The number of aryl methyl sites for hydroxylation is 1. The molecule has 0 saturated carbocycles. The van der Waals surface area contributed by atoms with Crippen molar-refractivity contribution in [2.45, 2.75) is 19.6 Å². The van der Waals surface area contributed by atoms with E-state index in [1.165, 1.54) is 0 Å². The minimum Gasteiger partial charge on any atom is -0.491 e. The number of hydrogen-bond donors (Lipinski definition) is 2. The van der Waals surface area contributed by atoms with Crippen LogP contribution in [0.2, 0.25) is 0 Å². The van der Waals surface area contributed by atoms with Crippen molar-refractivity contribution in [1.29, 1.82) is 0 Å². The lowest BCUT2D eigenvalue weighted by Crippen LogP contribution is -2.31. The van der Waals surface area contributed by atoms with E-state index in [0.29, 0.717) is 13.1 Å². The van der Waals surface area contributed by atoms with E-state index in [4.69, 9.17) is 9.26 Å². The molecule has 2 aromatic rings. The van der Waals surface area contributed by atoms with Crippen LogP contribution in [0.4, 0.5) is 0 Å². The molecule has 0 aliphatic rings. The third-order valence-corrected chi connectivity index (χ3v) is 2.60. The van der Waals surface area contributed by atoms with Gasteiger partial charge in [-0.05, 0) is 24.6 Å². The molecule has 0 amide bonds. The summed E-state index contributed by atoms with van der Waals surface area (Å²) in [6.45, 7) is 3.24. The van der Waals surface area contributed by atoms with Crippen LogP contribution >= 0.6 is 0 Å². The van der Waals surface area contributed by atoms with Gasteiger partial charge in [0.1, 0.15) is 24.2 Å². The maximum absolute atomic E-state index is 9.77. The number of rotatable bonds is 7. The summed E-state index contributed by atoms with van der Waals surface area (Å²) in [6, 6.07) is 9.53. The summed E-state index contributed by atoms with van der Waals surface area (Å²) in [5, 5.41) is 16.4. The normalized spacial score (nSPS) is 12.3. The molecule has 0 fully saturated rings. The molecular formula is C14H18N2O3. The summed E-state index contributed by atoms with van der Waals surface area (Å²) >= 11 is 0. The predicted octanol–water partition coefficient (Wildman–Crippen LogP) is 1.51. The second-order valence-electron chi connectivity index (χ2n) is 4.39. The van der Waals surface area contributed by atoms with E-state index in [0.717, 1.165) is 17.1 Å². The van der Waals surface area contributed by atoms with Crippen molar-refractivity contribution in [3.05, 3.63) is 47.9 Å². The fourth-order valence-corrected chi connectivity index (χ4v) is 1.65. The Labute approximate surface area is 112 Å². The molecule has 19 heavy (non-hydrogen) atoms. The van der Waals surface area contributed by atoms with Crippen molar-refractivity contribution >= 4 is 0 Å². The Balaban J connectivity index is 1.65. The summed E-state index contributed by atoms with van der Waals surface area (Å²) < 4.78 is 10.4. The lowest BCUT2D eigenvalue weighted by Gasteiger charge is -2.13. The molecule has 5 heteroatoms. The van der Waals surface area contributed by atoms with Crippen LogP contribution in [0, 0.1) is 6.92 Å². The van der Waals surface area contributed by atoms with Gasteiger partial charge in [0, 0.05) is 12.6 Å². The molecule has 1 atom stereocenters. The number of aliphatic hydroxyl groups is 1. The zero-order chi connectivity index (χ0) is 13.5. The molecular weight excluding hydrogens is 244 g/mol. The molecule has 5 nitrogen and oxygen atoms in total. The van der Waals surface area contributed by atoms with Crippen molar-refractivity contribution in [3.8, 4) is 5.75 Å². The van der Waals surface area contributed by atoms with E-state index in [1.807, 2.05) is 31.2 Å². The predicted molar refractivity (Wildman–Crippen MR) is 70.9 cm³/mol. The number of hydrogen-bond acceptors (Lipinski definition) is 5. The molecule has 0 bridgehead atoms. The van der Waals surface area contributed by atoms with E-state index in [-0.39, 0.29) is 6.61 Å². The van der Waals surface area contributed by atoms with Gasteiger partial charge in [0.05, 0.1) is 12.7 Å². The Morgan fingerprint density at radius 3 is 3.05 bits per heavy atom. The molecule has 1 aromatic carbocycles. The van der Waals surface area contributed by atoms with Gasteiger partial charge in [-0.2, -0.15) is 0 Å². The SMILES string of the molecule is Cc1cccc(OCC(O)CNCc2ccno2)c1. The minimum atomic E-state index is -0.566. The second kappa shape index (κ2) is 6.92. The lowest BCUT2D eigenvalue weighted by molar-refractivity contribution is 0.105. The molecule has 102 valence electrons. The number of nitrogens with zero attached hydrogens (tertiary/aromatic N) is 1. The van der Waals surface area contributed by atoms with Crippen molar-refractivity contribution in [3.63, 3.8) is 0 Å². The number of aromatic nitrogens is 1. The number of benzene rings is 1. The van der Waals surface area contributed by atoms with Crippen molar-refractivity contribution in [1.82, 2.24) is 10.5 Å². The summed E-state index contributed by atoms with van der Waals surface area (Å²) in [5.41, 5.74) is 1.13. The topological polar surface area (TPSA) is 67.5 Å². The monoisotopic (exact) mass is 262 g/mol. The van der Waals surface area contributed by atoms with Crippen LogP contribution < -0.4 is 10.1 Å². The second-order valence-corrected chi connectivity index (χ2v) is 4.39. The van der Waals surface area contributed by atoms with Gasteiger partial charge in [-0.15, -0.1) is 0 Å². The van der Waals surface area contributed by atoms with Gasteiger partial charge >= 0.3 is 0 Å². The van der Waals surface area contributed by atoms with Crippen LogP contribution in [0.15, 0.2) is 41.1 Å². The lowest BCUT2D eigenvalue weighted by atomic mass is 10.2. The van der Waals surface area contributed by atoms with Gasteiger partial charge in [-0.1, -0.05) is 17.3 Å². The van der Waals surface area contributed by atoms with E-state index in [1.54, 1.807) is 12.3 Å². The van der Waals surface area contributed by atoms with Crippen LogP contribution in [0.1, 0.15) is 11.3 Å². The zero-order valence-electron chi connectivity index (χ0n) is 10.9. The smallest absolute Gasteiger partial charge is 0.150 e. The molecule has 0 saturated heterocycles. The Morgan fingerprint density at radius 2 is 2.32 bits per heavy atom. The number of nitrogens with one attached hydrogen (secondary N) is 1. The van der Waals surface area contributed by atoms with E-state index in [2.05, 4.69) is 10.5 Å². The highest BCUT2D eigenvalue weighted by molar-refractivity contribution is 5.27. The quantitative estimate of drug-likeness (QED) is 0.791. The molecule has 0 aliphatic carbocycles. The first-order chi connectivity index (χ1) is 9.24. The Bertz CT molecular complexity index is 485. The minimum absolute atomic E-state index is 0.257. The first kappa shape index (κ1) is 13.6. The summed E-state index contributed by atoms with van der Waals surface area (Å²) in [5.74, 6) is 1.51. The molecule has 0 aliphatic heterocycles. The maximum Gasteiger partial charge on any atom is 0.150 e. The average molecular weight is 262 g/mol. The molecule has 2 N–H and O–H groups in total. The Kier molecular flexibility index (Phi) is 4.94.